The molecule has 0 aliphatic rings. The van der Waals surface area contributed by atoms with Crippen LogP contribution in [0.3, 0.4) is 0 Å². The van der Waals surface area contributed by atoms with E-state index in [1.807, 2.05) is 0 Å². The molecule has 0 unspecified atom stereocenters. The van der Waals surface area contributed by atoms with Crippen LogP contribution in [0.5, 0.6) is 0 Å². The van der Waals surface area contributed by atoms with Crippen molar-refractivity contribution >= 4 is 0 Å². The van der Waals surface area contributed by atoms with E-state index in [1.54, 1.807) is 6.07 Å². The summed E-state index contributed by atoms with van der Waals surface area (Å²) in [5.74, 6) is -0.205. The molecule has 0 atom stereocenters. The van der Waals surface area contributed by atoms with E-state index < -0.39 is 12.6 Å². The molecule has 0 aliphatic heterocycles. The molecule has 1 heterocycles. The normalized spacial score (nSPS) is 11.7. The van der Waals surface area contributed by atoms with Crippen molar-refractivity contribution in [3.8, 4) is 0 Å². The lowest BCUT2D eigenvalue weighted by molar-refractivity contribution is -0.128. The highest BCUT2D eigenvalue weighted by Gasteiger charge is 2.29. The monoisotopic (exact) mass is 205 g/mol. The van der Waals surface area contributed by atoms with Crippen molar-refractivity contribution in [2.45, 2.75) is 19.0 Å². The van der Waals surface area contributed by atoms with Gasteiger partial charge in [-0.15, -0.1) is 0 Å². The molecule has 3 nitrogen and oxygen atoms in total. The first-order chi connectivity index (χ1) is 6.51. The molecule has 0 saturated carbocycles. The van der Waals surface area contributed by atoms with Crippen molar-refractivity contribution < 1.29 is 13.2 Å². The Labute approximate surface area is 79.2 Å². The van der Waals surface area contributed by atoms with Gasteiger partial charge in [0.05, 0.1) is 0 Å². The summed E-state index contributed by atoms with van der Waals surface area (Å²) in [6.45, 7) is 0.364. The van der Waals surface area contributed by atoms with Gasteiger partial charge in [0.25, 0.3) is 0 Å². The maximum Gasteiger partial charge on any atom is 0.396 e. The summed E-state index contributed by atoms with van der Waals surface area (Å²) in [4.78, 5) is 7.27. The fourth-order valence-electron chi connectivity index (χ4n) is 0.993. The summed E-state index contributed by atoms with van der Waals surface area (Å²) in [6, 6.07) is 1.56. The van der Waals surface area contributed by atoms with Gasteiger partial charge in [0, 0.05) is 18.3 Å². The van der Waals surface area contributed by atoms with Gasteiger partial charge in [0.15, 0.2) is 0 Å². The van der Waals surface area contributed by atoms with Crippen LogP contribution in [0.2, 0.25) is 0 Å². The lowest BCUT2D eigenvalue weighted by Gasteiger charge is -2.05. The van der Waals surface area contributed by atoms with Crippen molar-refractivity contribution in [1.82, 2.24) is 9.97 Å². The SMILES string of the molecule is NCCc1ccnc(CC(F)(F)F)n1. The van der Waals surface area contributed by atoms with E-state index in [4.69, 9.17) is 5.73 Å². The van der Waals surface area contributed by atoms with E-state index in [0.717, 1.165) is 0 Å². The minimum atomic E-state index is -4.26. The van der Waals surface area contributed by atoms with Crippen LogP contribution in [0, 0.1) is 0 Å². The summed E-state index contributed by atoms with van der Waals surface area (Å²) in [6.07, 6.45) is -3.57. The number of halogens is 3. The van der Waals surface area contributed by atoms with E-state index in [-0.39, 0.29) is 5.82 Å². The molecule has 6 heteroatoms. The lowest BCUT2D eigenvalue weighted by atomic mass is 10.3. The summed E-state index contributed by atoms with van der Waals surface area (Å²) in [5.41, 5.74) is 5.80. The van der Waals surface area contributed by atoms with Crippen LogP contribution in [0.25, 0.3) is 0 Å². The smallest absolute Gasteiger partial charge is 0.330 e. The molecule has 2 N–H and O–H groups in total. The molecule has 0 saturated heterocycles. The molecule has 0 spiro atoms. The zero-order chi connectivity index (χ0) is 10.6. The number of nitrogens with zero attached hydrogens (tertiary/aromatic N) is 2. The maximum absolute atomic E-state index is 12.0. The van der Waals surface area contributed by atoms with E-state index in [9.17, 15) is 13.2 Å². The van der Waals surface area contributed by atoms with Crippen LogP contribution in [0.4, 0.5) is 13.2 Å². The van der Waals surface area contributed by atoms with Gasteiger partial charge in [-0.25, -0.2) is 9.97 Å². The number of rotatable bonds is 3. The van der Waals surface area contributed by atoms with Gasteiger partial charge in [0.2, 0.25) is 0 Å². The number of nitrogens with two attached hydrogens (primary N) is 1. The standard InChI is InChI=1S/C8H10F3N3/c9-8(10,11)5-7-13-4-2-6(14-7)1-3-12/h2,4H,1,3,5,12H2. The van der Waals surface area contributed by atoms with Gasteiger partial charge in [-0.2, -0.15) is 13.2 Å². The van der Waals surface area contributed by atoms with Crippen molar-refractivity contribution in [3.63, 3.8) is 0 Å². The number of aromatic nitrogens is 2. The molecular formula is C8H10F3N3. The summed E-state index contributed by atoms with van der Waals surface area (Å²) >= 11 is 0. The third-order valence-corrected chi connectivity index (χ3v) is 1.52. The van der Waals surface area contributed by atoms with Crippen LogP contribution in [-0.4, -0.2) is 22.7 Å². The third kappa shape index (κ3) is 3.69. The first kappa shape index (κ1) is 10.9. The average molecular weight is 205 g/mol. The Kier molecular flexibility index (Phi) is 3.40. The van der Waals surface area contributed by atoms with Crippen molar-refractivity contribution in [2.24, 2.45) is 5.73 Å². The van der Waals surface area contributed by atoms with E-state index in [2.05, 4.69) is 9.97 Å². The second kappa shape index (κ2) is 4.36. The maximum atomic E-state index is 12.0. The molecule has 1 rings (SSSR count). The molecule has 0 aliphatic carbocycles. The van der Waals surface area contributed by atoms with Gasteiger partial charge >= 0.3 is 6.18 Å². The number of hydrogen-bond acceptors (Lipinski definition) is 3. The van der Waals surface area contributed by atoms with Crippen LogP contribution >= 0.6 is 0 Å². The molecule has 78 valence electrons. The van der Waals surface area contributed by atoms with Gasteiger partial charge in [-0.3, -0.25) is 0 Å². The predicted octanol–water partition coefficient (Wildman–Crippen LogP) is 1.08. The van der Waals surface area contributed by atoms with Crippen LogP contribution in [0.15, 0.2) is 12.3 Å². The van der Waals surface area contributed by atoms with Crippen molar-refractivity contribution in [3.05, 3.63) is 23.8 Å². The minimum absolute atomic E-state index is 0.205. The molecule has 1 aromatic heterocycles. The highest BCUT2D eigenvalue weighted by Crippen LogP contribution is 2.18. The zero-order valence-electron chi connectivity index (χ0n) is 7.38. The summed E-state index contributed by atoms with van der Waals surface area (Å²) < 4.78 is 35.9. The van der Waals surface area contributed by atoms with Crippen LogP contribution < -0.4 is 5.73 Å². The van der Waals surface area contributed by atoms with Crippen molar-refractivity contribution in [1.29, 1.82) is 0 Å². The first-order valence-electron chi connectivity index (χ1n) is 4.09. The highest BCUT2D eigenvalue weighted by molar-refractivity contribution is 5.03. The van der Waals surface area contributed by atoms with E-state index >= 15 is 0 Å². The quantitative estimate of drug-likeness (QED) is 0.803. The van der Waals surface area contributed by atoms with Crippen LogP contribution in [0.1, 0.15) is 11.5 Å². The van der Waals surface area contributed by atoms with Crippen molar-refractivity contribution in [2.75, 3.05) is 6.54 Å². The molecule has 0 amide bonds. The number of alkyl halides is 3. The Bertz CT molecular complexity index is 298. The Morgan fingerprint density at radius 3 is 2.64 bits per heavy atom. The molecule has 0 bridgehead atoms. The minimum Gasteiger partial charge on any atom is -0.330 e. The Balaban J connectivity index is 2.73. The van der Waals surface area contributed by atoms with Gasteiger partial charge in [0.1, 0.15) is 12.2 Å². The first-order valence-corrected chi connectivity index (χ1v) is 4.09. The van der Waals surface area contributed by atoms with E-state index in [1.165, 1.54) is 6.20 Å². The Morgan fingerprint density at radius 2 is 2.07 bits per heavy atom. The molecule has 14 heavy (non-hydrogen) atoms. The lowest BCUT2D eigenvalue weighted by Crippen LogP contribution is -2.15. The Hall–Kier alpha value is -1.17. The van der Waals surface area contributed by atoms with Gasteiger partial charge < -0.3 is 5.73 Å². The number of hydrogen-bond donors (Lipinski definition) is 1. The fourth-order valence-corrected chi connectivity index (χ4v) is 0.993. The predicted molar refractivity (Wildman–Crippen MR) is 44.5 cm³/mol. The van der Waals surface area contributed by atoms with Gasteiger partial charge in [-0.1, -0.05) is 0 Å². The third-order valence-electron chi connectivity index (χ3n) is 1.52. The molecule has 1 aromatic rings. The zero-order valence-corrected chi connectivity index (χ0v) is 7.38. The Morgan fingerprint density at radius 1 is 1.36 bits per heavy atom. The van der Waals surface area contributed by atoms with Crippen LogP contribution in [-0.2, 0) is 12.8 Å². The molecule has 0 fully saturated rings. The molecule has 0 radical (unpaired) electrons. The largest absolute Gasteiger partial charge is 0.396 e. The fraction of sp³-hybridized carbons (Fsp3) is 0.500. The molecular weight excluding hydrogens is 195 g/mol. The summed E-state index contributed by atoms with van der Waals surface area (Å²) in [7, 11) is 0. The van der Waals surface area contributed by atoms with Gasteiger partial charge in [-0.05, 0) is 12.6 Å². The highest BCUT2D eigenvalue weighted by atomic mass is 19.4. The second-order valence-electron chi connectivity index (χ2n) is 2.79. The molecule has 0 aromatic carbocycles. The van der Waals surface area contributed by atoms with E-state index in [0.29, 0.717) is 18.7 Å². The topological polar surface area (TPSA) is 51.8 Å². The second-order valence-corrected chi connectivity index (χ2v) is 2.79. The summed E-state index contributed by atoms with van der Waals surface area (Å²) in [5, 5.41) is 0. The average Bonchev–Trinajstić information content (AvgIpc) is 2.02.